The van der Waals surface area contributed by atoms with Crippen molar-refractivity contribution in [2.24, 2.45) is 5.92 Å². The van der Waals surface area contributed by atoms with Crippen molar-refractivity contribution in [3.8, 4) is 0 Å². The summed E-state index contributed by atoms with van der Waals surface area (Å²) in [6, 6.07) is 6.30. The Kier molecular flexibility index (Phi) is 2.72. The summed E-state index contributed by atoms with van der Waals surface area (Å²) in [4.78, 5) is 3.24. The van der Waals surface area contributed by atoms with Crippen LogP contribution in [0, 0.1) is 10.7 Å². The number of hydrogen-bond donors (Lipinski definition) is 1. The molecule has 100 valence electrons. The monoisotopic (exact) mass is 294 g/mol. The maximum atomic E-state index is 6.24. The van der Waals surface area contributed by atoms with Gasteiger partial charge in [0.25, 0.3) is 0 Å². The van der Waals surface area contributed by atoms with Gasteiger partial charge in [0.05, 0.1) is 28.2 Å². The molecule has 1 aromatic carbocycles. The van der Waals surface area contributed by atoms with Crippen molar-refractivity contribution in [3.05, 3.63) is 28.0 Å². The topological polar surface area (TPSA) is 29.9 Å². The Morgan fingerprint density at radius 2 is 2.16 bits per heavy atom. The number of hydrogen-bond acceptors (Lipinski definition) is 2. The molecule has 4 rings (SSSR count). The minimum absolute atomic E-state index is 0.324. The third-order valence-electron chi connectivity index (χ3n) is 4.22. The van der Waals surface area contributed by atoms with Crippen molar-refractivity contribution in [1.29, 1.82) is 0 Å². The van der Waals surface area contributed by atoms with Crippen molar-refractivity contribution in [2.45, 2.75) is 31.4 Å². The average molecular weight is 295 g/mol. The summed E-state index contributed by atoms with van der Waals surface area (Å²) >= 11 is 11.7. The van der Waals surface area contributed by atoms with E-state index in [1.54, 1.807) is 0 Å². The van der Waals surface area contributed by atoms with E-state index in [1.165, 1.54) is 12.8 Å². The van der Waals surface area contributed by atoms with Gasteiger partial charge in [-0.3, -0.25) is 0 Å². The van der Waals surface area contributed by atoms with Gasteiger partial charge < -0.3 is 14.3 Å². The number of imidazole rings is 1. The molecule has 5 heteroatoms. The molecule has 1 aliphatic heterocycles. The number of ether oxygens (including phenoxy) is 1. The summed E-state index contributed by atoms with van der Waals surface area (Å²) in [6.45, 7) is 0.834. The van der Waals surface area contributed by atoms with Crippen LogP contribution < -0.4 is 0 Å². The molecule has 0 radical (unpaired) electrons. The lowest BCUT2D eigenvalue weighted by Gasteiger charge is -2.20. The van der Waals surface area contributed by atoms with Crippen LogP contribution in [0.3, 0.4) is 0 Å². The number of nitrogens with zero attached hydrogens (tertiary/aromatic N) is 1. The zero-order chi connectivity index (χ0) is 13.0. The second-order valence-corrected chi connectivity index (χ2v) is 6.26. The van der Waals surface area contributed by atoms with E-state index in [4.69, 9.17) is 28.6 Å². The summed E-state index contributed by atoms with van der Waals surface area (Å²) in [5.41, 5.74) is 2.04. The van der Waals surface area contributed by atoms with E-state index in [0.29, 0.717) is 12.1 Å². The van der Waals surface area contributed by atoms with Crippen LogP contribution in [-0.4, -0.2) is 22.3 Å². The molecule has 0 bridgehead atoms. The van der Waals surface area contributed by atoms with Crippen molar-refractivity contribution in [1.82, 2.24) is 9.55 Å². The molecular formula is C14H15ClN2OS. The summed E-state index contributed by atoms with van der Waals surface area (Å²) in [5, 5.41) is 0.726. The van der Waals surface area contributed by atoms with Gasteiger partial charge in [-0.1, -0.05) is 17.7 Å². The van der Waals surface area contributed by atoms with E-state index in [1.807, 2.05) is 12.1 Å². The van der Waals surface area contributed by atoms with Gasteiger partial charge in [0.2, 0.25) is 0 Å². The maximum absolute atomic E-state index is 6.24. The van der Waals surface area contributed by atoms with Gasteiger partial charge in [0.15, 0.2) is 4.77 Å². The highest BCUT2D eigenvalue weighted by atomic mass is 35.5. The largest absolute Gasteiger partial charge is 0.376 e. The Morgan fingerprint density at radius 1 is 1.32 bits per heavy atom. The van der Waals surface area contributed by atoms with Crippen molar-refractivity contribution in [3.63, 3.8) is 0 Å². The summed E-state index contributed by atoms with van der Waals surface area (Å²) in [6.07, 6.45) is 3.94. The molecule has 2 atom stereocenters. The first-order valence-corrected chi connectivity index (χ1v) is 7.54. The quantitative estimate of drug-likeness (QED) is 0.846. The molecule has 0 amide bonds. The first-order valence-electron chi connectivity index (χ1n) is 6.76. The fourth-order valence-corrected chi connectivity index (χ4v) is 3.75. The predicted molar refractivity (Wildman–Crippen MR) is 78.3 cm³/mol. The van der Waals surface area contributed by atoms with Crippen LogP contribution in [0.4, 0.5) is 0 Å². The molecule has 2 unspecified atom stereocenters. The number of aromatic nitrogens is 2. The molecule has 1 saturated heterocycles. The molecule has 1 N–H and O–H groups in total. The highest BCUT2D eigenvalue weighted by Crippen LogP contribution is 2.44. The first-order chi connectivity index (χ1) is 9.25. The minimum Gasteiger partial charge on any atom is -0.376 e. The summed E-state index contributed by atoms with van der Waals surface area (Å²) < 4.78 is 8.90. The SMILES string of the molecule is S=c1[nH]c2c(Cl)cccc2n1C1CCOC1C1CC1. The van der Waals surface area contributed by atoms with E-state index in [0.717, 1.165) is 39.8 Å². The molecule has 3 nitrogen and oxygen atoms in total. The van der Waals surface area contributed by atoms with Gasteiger partial charge in [0, 0.05) is 6.61 Å². The van der Waals surface area contributed by atoms with Crippen LogP contribution in [0.25, 0.3) is 11.0 Å². The molecule has 2 heterocycles. The Balaban J connectivity index is 1.88. The van der Waals surface area contributed by atoms with E-state index in [-0.39, 0.29) is 0 Å². The van der Waals surface area contributed by atoms with Gasteiger partial charge in [-0.05, 0) is 49.5 Å². The predicted octanol–water partition coefficient (Wildman–Crippen LogP) is 4.09. The number of nitrogens with one attached hydrogen (secondary N) is 1. The number of halogens is 1. The summed E-state index contributed by atoms with van der Waals surface area (Å²) in [5.74, 6) is 0.721. The molecule has 1 aliphatic carbocycles. The van der Waals surface area contributed by atoms with Crippen molar-refractivity contribution < 1.29 is 4.74 Å². The molecule has 0 spiro atoms. The van der Waals surface area contributed by atoms with Gasteiger partial charge in [0.1, 0.15) is 0 Å². The van der Waals surface area contributed by atoms with Crippen LogP contribution in [0.5, 0.6) is 0 Å². The second kappa shape index (κ2) is 4.33. The summed E-state index contributed by atoms with van der Waals surface area (Å²) in [7, 11) is 0. The number of aromatic amines is 1. The Hall–Kier alpha value is -0.840. The van der Waals surface area contributed by atoms with Crippen molar-refractivity contribution in [2.75, 3.05) is 6.61 Å². The highest BCUT2D eigenvalue weighted by molar-refractivity contribution is 7.71. The third kappa shape index (κ3) is 1.85. The zero-order valence-electron chi connectivity index (χ0n) is 10.4. The standard InChI is InChI=1S/C14H15ClN2OS/c15-9-2-1-3-10-12(9)16-14(19)17(10)11-6-7-18-13(11)8-4-5-8/h1-3,8,11,13H,4-7H2,(H,16,19). The number of benzene rings is 1. The molecule has 1 saturated carbocycles. The number of rotatable bonds is 2. The number of fused-ring (bicyclic) bond motifs is 1. The van der Waals surface area contributed by atoms with Gasteiger partial charge >= 0.3 is 0 Å². The van der Waals surface area contributed by atoms with E-state index >= 15 is 0 Å². The molecule has 1 aromatic heterocycles. The van der Waals surface area contributed by atoms with Gasteiger partial charge in [-0.2, -0.15) is 0 Å². The maximum Gasteiger partial charge on any atom is 0.178 e. The van der Waals surface area contributed by atoms with Crippen LogP contribution >= 0.6 is 23.8 Å². The van der Waals surface area contributed by atoms with E-state index in [9.17, 15) is 0 Å². The third-order valence-corrected chi connectivity index (χ3v) is 4.84. The molecule has 2 fully saturated rings. The van der Waals surface area contributed by atoms with E-state index in [2.05, 4.69) is 15.6 Å². The van der Waals surface area contributed by atoms with Crippen molar-refractivity contribution >= 4 is 34.9 Å². The Bertz CT molecular complexity index is 688. The Labute approximate surface area is 121 Å². The lowest BCUT2D eigenvalue weighted by Crippen LogP contribution is -2.22. The molecule has 2 aliphatic rings. The van der Waals surface area contributed by atoms with Crippen LogP contribution in [0.1, 0.15) is 25.3 Å². The van der Waals surface area contributed by atoms with E-state index < -0.39 is 0 Å². The second-order valence-electron chi connectivity index (χ2n) is 5.46. The van der Waals surface area contributed by atoms with Crippen LogP contribution in [0.15, 0.2) is 18.2 Å². The number of para-hydroxylation sites is 1. The fourth-order valence-electron chi connectivity index (χ4n) is 3.19. The first kappa shape index (κ1) is 11.9. The van der Waals surface area contributed by atoms with Crippen LogP contribution in [-0.2, 0) is 4.74 Å². The smallest absolute Gasteiger partial charge is 0.178 e. The lowest BCUT2D eigenvalue weighted by atomic mass is 10.1. The van der Waals surface area contributed by atoms with Gasteiger partial charge in [-0.25, -0.2) is 0 Å². The average Bonchev–Trinajstić information content (AvgIpc) is 3.02. The fraction of sp³-hybridized carbons (Fsp3) is 0.500. The molecule has 2 aromatic rings. The zero-order valence-corrected chi connectivity index (χ0v) is 12.0. The Morgan fingerprint density at radius 3 is 2.95 bits per heavy atom. The van der Waals surface area contributed by atoms with Gasteiger partial charge in [-0.15, -0.1) is 0 Å². The lowest BCUT2D eigenvalue weighted by molar-refractivity contribution is 0.0756. The molecule has 19 heavy (non-hydrogen) atoms. The van der Waals surface area contributed by atoms with Crippen LogP contribution in [0.2, 0.25) is 5.02 Å². The number of H-pyrrole nitrogens is 1. The normalized spacial score (nSPS) is 27.2. The highest BCUT2D eigenvalue weighted by Gasteiger charge is 2.42. The molecular weight excluding hydrogens is 280 g/mol. The minimum atomic E-state index is 0.324.